The topological polar surface area (TPSA) is 8.81 Å². The first kappa shape index (κ1) is 10.2. The third-order valence-electron chi connectivity index (χ3n) is 1.19. The van der Waals surface area contributed by atoms with Crippen molar-refractivity contribution in [3.8, 4) is 0 Å². The van der Waals surface area contributed by atoms with Crippen LogP contribution >= 0.6 is 0 Å². The molecule has 1 heterocycles. The molecular weight excluding hydrogens is 136 g/mol. The molecule has 0 spiro atoms. The lowest BCUT2D eigenvalue weighted by atomic mass is 10.6. The fraction of sp³-hybridized carbons (Fsp3) is 0.667. The summed E-state index contributed by atoms with van der Waals surface area (Å²) in [6.45, 7) is 7.43. The highest BCUT2D eigenvalue weighted by Crippen LogP contribution is 1.79. The standard InChI is InChI=1S/C6H11N2.C3H8/c1-3-8-5-4-7(2)6-8;1-3-2/h4-6H,3H2,1-2H3;3H2,1-2H3/q+1;. The van der Waals surface area contributed by atoms with Crippen LogP contribution in [0.25, 0.3) is 0 Å². The Morgan fingerprint density at radius 1 is 1.27 bits per heavy atom. The van der Waals surface area contributed by atoms with Crippen LogP contribution in [0.4, 0.5) is 0 Å². The maximum Gasteiger partial charge on any atom is 0.243 e. The first-order valence-corrected chi connectivity index (χ1v) is 4.25. The highest BCUT2D eigenvalue weighted by atomic mass is 15.1. The van der Waals surface area contributed by atoms with Crippen LogP contribution in [0.1, 0.15) is 27.2 Å². The van der Waals surface area contributed by atoms with Crippen molar-refractivity contribution in [1.82, 2.24) is 4.57 Å². The number of aryl methyl sites for hydroxylation is 2. The molecular formula is C9H19N2+. The van der Waals surface area contributed by atoms with Crippen molar-refractivity contribution in [2.45, 2.75) is 33.7 Å². The Balaban J connectivity index is 0.000000292. The van der Waals surface area contributed by atoms with Gasteiger partial charge in [-0.05, 0) is 6.92 Å². The van der Waals surface area contributed by atoms with Gasteiger partial charge < -0.3 is 0 Å². The Labute approximate surface area is 69.5 Å². The minimum Gasteiger partial charge on any atom is -0.240 e. The number of hydrogen-bond acceptors (Lipinski definition) is 0. The van der Waals surface area contributed by atoms with Crippen molar-refractivity contribution in [2.24, 2.45) is 7.05 Å². The molecule has 0 aromatic carbocycles. The van der Waals surface area contributed by atoms with Crippen molar-refractivity contribution in [1.29, 1.82) is 0 Å². The van der Waals surface area contributed by atoms with E-state index < -0.39 is 0 Å². The lowest BCUT2D eigenvalue weighted by Crippen LogP contribution is -2.23. The average Bonchev–Trinajstić information content (AvgIpc) is 2.37. The van der Waals surface area contributed by atoms with Gasteiger partial charge in [0.1, 0.15) is 12.4 Å². The van der Waals surface area contributed by atoms with Crippen molar-refractivity contribution < 1.29 is 4.57 Å². The van der Waals surface area contributed by atoms with E-state index in [9.17, 15) is 0 Å². The Morgan fingerprint density at radius 3 is 2.00 bits per heavy atom. The van der Waals surface area contributed by atoms with Crippen LogP contribution in [0.2, 0.25) is 0 Å². The van der Waals surface area contributed by atoms with Gasteiger partial charge in [-0.3, -0.25) is 0 Å². The van der Waals surface area contributed by atoms with Gasteiger partial charge in [0.05, 0.1) is 13.6 Å². The second-order valence-corrected chi connectivity index (χ2v) is 2.62. The second kappa shape index (κ2) is 5.96. The molecule has 0 fully saturated rings. The maximum atomic E-state index is 2.12. The Bertz CT molecular complexity index is 179. The van der Waals surface area contributed by atoms with Crippen molar-refractivity contribution in [3.63, 3.8) is 0 Å². The number of nitrogens with zero attached hydrogens (tertiary/aromatic N) is 2. The van der Waals surface area contributed by atoms with Crippen LogP contribution in [0.3, 0.4) is 0 Å². The molecule has 0 radical (unpaired) electrons. The van der Waals surface area contributed by atoms with Gasteiger partial charge in [0, 0.05) is 0 Å². The van der Waals surface area contributed by atoms with Gasteiger partial charge in [0.25, 0.3) is 0 Å². The van der Waals surface area contributed by atoms with Crippen molar-refractivity contribution in [2.75, 3.05) is 0 Å². The molecule has 0 aliphatic heterocycles. The summed E-state index contributed by atoms with van der Waals surface area (Å²) in [7, 11) is 2.02. The van der Waals surface area contributed by atoms with E-state index in [0.29, 0.717) is 0 Å². The minimum atomic E-state index is 1.06. The summed E-state index contributed by atoms with van der Waals surface area (Å²) >= 11 is 0. The summed E-state index contributed by atoms with van der Waals surface area (Å²) in [5, 5.41) is 0. The zero-order valence-corrected chi connectivity index (χ0v) is 8.04. The Hall–Kier alpha value is -0.790. The molecule has 1 aromatic heterocycles. The van der Waals surface area contributed by atoms with Crippen LogP contribution in [-0.2, 0) is 13.6 Å². The Kier molecular flexibility index (Phi) is 5.53. The minimum absolute atomic E-state index is 1.06. The first-order valence-electron chi connectivity index (χ1n) is 4.25. The van der Waals surface area contributed by atoms with Gasteiger partial charge >= 0.3 is 0 Å². The maximum absolute atomic E-state index is 2.12. The summed E-state index contributed by atoms with van der Waals surface area (Å²) in [5.41, 5.74) is 0. The normalized spacial score (nSPS) is 8.73. The molecule has 0 atom stereocenters. The van der Waals surface area contributed by atoms with E-state index in [-0.39, 0.29) is 0 Å². The SMILES string of the molecule is CCC.CCn1cc[n+](C)c1. The molecule has 0 saturated carbocycles. The number of rotatable bonds is 1. The molecule has 0 saturated heterocycles. The van der Waals surface area contributed by atoms with E-state index in [2.05, 4.69) is 37.9 Å². The van der Waals surface area contributed by atoms with Crippen molar-refractivity contribution >= 4 is 0 Å². The van der Waals surface area contributed by atoms with Gasteiger partial charge in [-0.2, -0.15) is 0 Å². The molecule has 0 amide bonds. The predicted octanol–water partition coefficient (Wildman–Crippen LogP) is 1.75. The quantitative estimate of drug-likeness (QED) is 0.546. The third-order valence-corrected chi connectivity index (χ3v) is 1.19. The summed E-state index contributed by atoms with van der Waals surface area (Å²) in [4.78, 5) is 0. The van der Waals surface area contributed by atoms with E-state index >= 15 is 0 Å². The Morgan fingerprint density at radius 2 is 1.82 bits per heavy atom. The van der Waals surface area contributed by atoms with Crippen molar-refractivity contribution in [3.05, 3.63) is 18.7 Å². The molecule has 0 bridgehead atoms. The molecule has 0 N–H and O–H groups in total. The smallest absolute Gasteiger partial charge is 0.240 e. The van der Waals surface area contributed by atoms with E-state index in [1.165, 1.54) is 6.42 Å². The monoisotopic (exact) mass is 155 g/mol. The van der Waals surface area contributed by atoms with Gasteiger partial charge in [0.2, 0.25) is 6.33 Å². The molecule has 2 heteroatoms. The molecule has 0 unspecified atom stereocenters. The number of aromatic nitrogens is 2. The number of hydrogen-bond donors (Lipinski definition) is 0. The van der Waals surface area contributed by atoms with Gasteiger partial charge in [-0.25, -0.2) is 9.13 Å². The fourth-order valence-electron chi connectivity index (χ4n) is 0.689. The molecule has 2 nitrogen and oxygen atoms in total. The molecule has 0 aliphatic carbocycles. The van der Waals surface area contributed by atoms with E-state index in [1.807, 2.05) is 17.8 Å². The predicted molar refractivity (Wildman–Crippen MR) is 47.2 cm³/mol. The van der Waals surface area contributed by atoms with Gasteiger partial charge in [-0.1, -0.05) is 20.3 Å². The largest absolute Gasteiger partial charge is 0.243 e. The zero-order chi connectivity index (χ0) is 8.69. The molecule has 0 aliphatic rings. The lowest BCUT2D eigenvalue weighted by Gasteiger charge is -1.81. The molecule has 64 valence electrons. The summed E-state index contributed by atoms with van der Waals surface area (Å²) < 4.78 is 4.16. The third kappa shape index (κ3) is 4.59. The second-order valence-electron chi connectivity index (χ2n) is 2.62. The molecule has 1 aromatic rings. The molecule has 1 rings (SSSR count). The van der Waals surface area contributed by atoms with Crippen LogP contribution in [0.5, 0.6) is 0 Å². The van der Waals surface area contributed by atoms with Crippen LogP contribution in [-0.4, -0.2) is 4.57 Å². The van der Waals surface area contributed by atoms with E-state index in [1.54, 1.807) is 0 Å². The summed E-state index contributed by atoms with van der Waals surface area (Å²) in [6.07, 6.45) is 7.39. The first-order chi connectivity index (χ1) is 5.24. The highest BCUT2D eigenvalue weighted by Gasteiger charge is 1.92. The zero-order valence-electron chi connectivity index (χ0n) is 8.04. The van der Waals surface area contributed by atoms with Gasteiger partial charge in [-0.15, -0.1) is 0 Å². The van der Waals surface area contributed by atoms with E-state index in [0.717, 1.165) is 6.54 Å². The average molecular weight is 155 g/mol. The van der Waals surface area contributed by atoms with Crippen LogP contribution in [0, 0.1) is 0 Å². The van der Waals surface area contributed by atoms with Gasteiger partial charge in [0.15, 0.2) is 0 Å². The lowest BCUT2D eigenvalue weighted by molar-refractivity contribution is -0.671. The summed E-state index contributed by atoms with van der Waals surface area (Å²) in [6, 6.07) is 0. The fourth-order valence-corrected chi connectivity index (χ4v) is 0.689. The summed E-state index contributed by atoms with van der Waals surface area (Å²) in [5.74, 6) is 0. The number of imidazole rings is 1. The highest BCUT2D eigenvalue weighted by molar-refractivity contribution is 4.63. The van der Waals surface area contributed by atoms with Crippen LogP contribution in [0.15, 0.2) is 18.7 Å². The molecule has 11 heavy (non-hydrogen) atoms. The van der Waals surface area contributed by atoms with E-state index in [4.69, 9.17) is 0 Å². The van der Waals surface area contributed by atoms with Crippen LogP contribution < -0.4 is 4.57 Å².